The Hall–Kier alpha value is -2.49. The summed E-state index contributed by atoms with van der Waals surface area (Å²) in [6.45, 7) is 0.773. The van der Waals surface area contributed by atoms with Crippen LogP contribution in [-0.4, -0.2) is 43.5 Å². The van der Waals surface area contributed by atoms with Gasteiger partial charge in [-0.25, -0.2) is 8.42 Å². The molecule has 1 aromatic heterocycles. The lowest BCUT2D eigenvalue weighted by Crippen LogP contribution is -2.06. The number of hydrogen-bond donors (Lipinski definition) is 1. The second-order valence-corrected chi connectivity index (χ2v) is 7.68. The highest BCUT2D eigenvalue weighted by atomic mass is 32.2. The molecule has 3 aromatic rings. The molecule has 0 saturated heterocycles. The van der Waals surface area contributed by atoms with E-state index in [-0.39, 0.29) is 9.79 Å². The number of rotatable bonds is 7. The van der Waals surface area contributed by atoms with E-state index >= 15 is 0 Å². The number of sulfone groups is 1. The Bertz CT molecular complexity index is 1040. The zero-order valence-electron chi connectivity index (χ0n) is 14.0. The Morgan fingerprint density at radius 3 is 2.54 bits per heavy atom. The standard InChI is InChI=1S/C17H17N3O4S2/c1-23-9-10-24-14-3-2-4-16(11-14)26(21,22)15-7-5-13(6-8-15)20-12-18-19-17(20)25/h2-8,11-12H,9-10H2,1H3,(H,19,25). The smallest absolute Gasteiger partial charge is 0.206 e. The summed E-state index contributed by atoms with van der Waals surface area (Å²) in [6.07, 6.45) is 1.53. The molecule has 0 atom stereocenters. The third-order valence-electron chi connectivity index (χ3n) is 3.65. The van der Waals surface area contributed by atoms with Crippen molar-refractivity contribution in [1.82, 2.24) is 14.8 Å². The van der Waals surface area contributed by atoms with E-state index in [4.69, 9.17) is 21.7 Å². The molecule has 9 heteroatoms. The molecule has 0 saturated carbocycles. The van der Waals surface area contributed by atoms with Gasteiger partial charge < -0.3 is 9.47 Å². The Balaban J connectivity index is 1.87. The third kappa shape index (κ3) is 3.85. The maximum atomic E-state index is 12.9. The summed E-state index contributed by atoms with van der Waals surface area (Å²) in [5, 5.41) is 6.50. The zero-order chi connectivity index (χ0) is 18.6. The van der Waals surface area contributed by atoms with Gasteiger partial charge in [0, 0.05) is 12.8 Å². The summed E-state index contributed by atoms with van der Waals surface area (Å²) in [6, 6.07) is 12.8. The first-order valence-corrected chi connectivity index (χ1v) is 9.61. The monoisotopic (exact) mass is 391 g/mol. The molecule has 136 valence electrons. The van der Waals surface area contributed by atoms with Crippen LogP contribution < -0.4 is 4.74 Å². The van der Waals surface area contributed by atoms with E-state index in [1.165, 1.54) is 24.5 Å². The molecule has 0 unspecified atom stereocenters. The molecule has 1 N–H and O–H groups in total. The molecule has 3 rings (SSSR count). The Labute approximate surface area is 156 Å². The van der Waals surface area contributed by atoms with E-state index in [2.05, 4.69) is 10.2 Å². The van der Waals surface area contributed by atoms with Gasteiger partial charge in [0.25, 0.3) is 0 Å². The lowest BCUT2D eigenvalue weighted by Gasteiger charge is -2.09. The first-order valence-electron chi connectivity index (χ1n) is 7.72. The Morgan fingerprint density at radius 1 is 1.12 bits per heavy atom. The first-order chi connectivity index (χ1) is 12.5. The molecule has 1 heterocycles. The summed E-state index contributed by atoms with van der Waals surface area (Å²) >= 11 is 5.11. The minimum atomic E-state index is -3.66. The van der Waals surface area contributed by atoms with Gasteiger partial charge in [-0.15, -0.1) is 0 Å². The van der Waals surface area contributed by atoms with Crippen molar-refractivity contribution in [1.29, 1.82) is 0 Å². The van der Waals surface area contributed by atoms with E-state index in [0.29, 0.717) is 23.7 Å². The number of nitrogens with one attached hydrogen (secondary N) is 1. The summed E-state index contributed by atoms with van der Waals surface area (Å²) in [5.41, 5.74) is 0.722. The van der Waals surface area contributed by atoms with Gasteiger partial charge >= 0.3 is 0 Å². The van der Waals surface area contributed by atoms with Crippen LogP contribution in [0, 0.1) is 4.77 Å². The molecular formula is C17H17N3O4S2. The fourth-order valence-electron chi connectivity index (χ4n) is 2.33. The molecule has 0 fully saturated rings. The Kier molecular flexibility index (Phi) is 5.50. The molecule has 0 radical (unpaired) electrons. The molecule has 0 amide bonds. The van der Waals surface area contributed by atoms with Gasteiger partial charge in [-0.05, 0) is 54.7 Å². The number of H-pyrrole nitrogens is 1. The van der Waals surface area contributed by atoms with E-state index in [9.17, 15) is 8.42 Å². The van der Waals surface area contributed by atoms with Gasteiger partial charge in [0.05, 0.1) is 16.4 Å². The maximum absolute atomic E-state index is 12.9. The van der Waals surface area contributed by atoms with Crippen molar-refractivity contribution in [2.24, 2.45) is 0 Å². The fourth-order valence-corrected chi connectivity index (χ4v) is 3.83. The fraction of sp³-hybridized carbons (Fsp3) is 0.176. The van der Waals surface area contributed by atoms with E-state index < -0.39 is 9.84 Å². The molecule has 0 aliphatic heterocycles. The van der Waals surface area contributed by atoms with Gasteiger partial charge in [0.2, 0.25) is 9.84 Å². The van der Waals surface area contributed by atoms with Gasteiger partial charge in [0.15, 0.2) is 4.77 Å². The van der Waals surface area contributed by atoms with Gasteiger partial charge in [-0.1, -0.05) is 6.07 Å². The highest BCUT2D eigenvalue weighted by Gasteiger charge is 2.18. The average molecular weight is 391 g/mol. The van der Waals surface area contributed by atoms with E-state index in [1.807, 2.05) is 0 Å². The largest absolute Gasteiger partial charge is 0.491 e. The van der Waals surface area contributed by atoms with E-state index in [0.717, 1.165) is 5.69 Å². The SMILES string of the molecule is COCCOc1cccc(S(=O)(=O)c2ccc(-n3cn[nH]c3=S)cc2)c1. The number of nitrogens with zero attached hydrogens (tertiary/aromatic N) is 2. The first kappa shape index (κ1) is 18.3. The molecular weight excluding hydrogens is 374 g/mol. The summed E-state index contributed by atoms with van der Waals surface area (Å²) in [7, 11) is -2.08. The van der Waals surface area contributed by atoms with Crippen molar-refractivity contribution >= 4 is 22.1 Å². The van der Waals surface area contributed by atoms with Gasteiger partial charge in [0.1, 0.15) is 18.7 Å². The second kappa shape index (κ2) is 7.81. The predicted octanol–water partition coefficient (Wildman–Crippen LogP) is 2.79. The van der Waals surface area contributed by atoms with Crippen molar-refractivity contribution in [2.75, 3.05) is 20.3 Å². The molecule has 0 bridgehead atoms. The van der Waals surface area contributed by atoms with Crippen LogP contribution in [0.5, 0.6) is 5.75 Å². The van der Waals surface area contributed by atoms with Crippen LogP contribution in [0.4, 0.5) is 0 Å². The Morgan fingerprint density at radius 2 is 1.88 bits per heavy atom. The number of benzene rings is 2. The number of ether oxygens (including phenoxy) is 2. The van der Waals surface area contributed by atoms with Crippen LogP contribution in [0.3, 0.4) is 0 Å². The predicted molar refractivity (Wildman–Crippen MR) is 98.0 cm³/mol. The molecule has 26 heavy (non-hydrogen) atoms. The van der Waals surface area contributed by atoms with Crippen LogP contribution in [0.2, 0.25) is 0 Å². The lowest BCUT2D eigenvalue weighted by molar-refractivity contribution is 0.146. The van der Waals surface area contributed by atoms with Crippen LogP contribution in [0.1, 0.15) is 0 Å². The van der Waals surface area contributed by atoms with Crippen LogP contribution in [-0.2, 0) is 14.6 Å². The van der Waals surface area contributed by atoms with Crippen molar-refractivity contribution in [2.45, 2.75) is 9.79 Å². The molecule has 2 aromatic carbocycles. The zero-order valence-corrected chi connectivity index (χ0v) is 15.6. The normalized spacial score (nSPS) is 11.4. The number of aromatic nitrogens is 3. The number of aromatic amines is 1. The number of methoxy groups -OCH3 is 1. The minimum absolute atomic E-state index is 0.167. The van der Waals surface area contributed by atoms with Crippen molar-refractivity contribution in [3.63, 3.8) is 0 Å². The van der Waals surface area contributed by atoms with Crippen LogP contribution in [0.15, 0.2) is 64.6 Å². The van der Waals surface area contributed by atoms with Crippen LogP contribution >= 0.6 is 12.2 Å². The number of hydrogen-bond acceptors (Lipinski definition) is 6. The highest BCUT2D eigenvalue weighted by molar-refractivity contribution is 7.91. The highest BCUT2D eigenvalue weighted by Crippen LogP contribution is 2.25. The van der Waals surface area contributed by atoms with Gasteiger partial charge in [-0.3, -0.25) is 9.67 Å². The molecule has 0 aliphatic rings. The van der Waals surface area contributed by atoms with Crippen molar-refractivity contribution in [3.05, 3.63) is 59.6 Å². The summed E-state index contributed by atoms with van der Waals surface area (Å²) in [4.78, 5) is 0.352. The van der Waals surface area contributed by atoms with Crippen LogP contribution in [0.25, 0.3) is 5.69 Å². The average Bonchev–Trinajstić information content (AvgIpc) is 3.08. The molecule has 0 aliphatic carbocycles. The molecule has 7 nitrogen and oxygen atoms in total. The summed E-state index contributed by atoms with van der Waals surface area (Å²) in [5.74, 6) is 0.476. The minimum Gasteiger partial charge on any atom is -0.491 e. The maximum Gasteiger partial charge on any atom is 0.206 e. The van der Waals surface area contributed by atoms with E-state index in [1.54, 1.807) is 42.0 Å². The van der Waals surface area contributed by atoms with Crippen molar-refractivity contribution < 1.29 is 17.9 Å². The van der Waals surface area contributed by atoms with Gasteiger partial charge in [-0.2, -0.15) is 5.10 Å². The summed E-state index contributed by atoms with van der Waals surface area (Å²) < 4.78 is 38.2. The second-order valence-electron chi connectivity index (χ2n) is 5.34. The van der Waals surface area contributed by atoms with Crippen molar-refractivity contribution in [3.8, 4) is 11.4 Å². The molecule has 0 spiro atoms. The lowest BCUT2D eigenvalue weighted by atomic mass is 10.3. The quantitative estimate of drug-likeness (QED) is 0.492. The third-order valence-corrected chi connectivity index (χ3v) is 5.70. The topological polar surface area (TPSA) is 86.2 Å².